The van der Waals surface area contributed by atoms with Gasteiger partial charge in [0.1, 0.15) is 5.15 Å². The van der Waals surface area contributed by atoms with Crippen LogP contribution >= 0.6 is 23.2 Å². The lowest BCUT2D eigenvalue weighted by atomic mass is 10.1. The van der Waals surface area contributed by atoms with E-state index in [1.807, 2.05) is 0 Å². The maximum atomic E-state index is 12.3. The predicted molar refractivity (Wildman–Crippen MR) is 94.2 cm³/mol. The van der Waals surface area contributed by atoms with Gasteiger partial charge in [0.05, 0.1) is 10.6 Å². The minimum atomic E-state index is -1.01. The fraction of sp³-hybridized carbons (Fsp3) is 0.176. The topological polar surface area (TPSA) is 85.4 Å². The summed E-state index contributed by atoms with van der Waals surface area (Å²) < 4.78 is 5.14. The van der Waals surface area contributed by atoms with Crippen molar-refractivity contribution in [2.24, 2.45) is 0 Å². The second kappa shape index (κ2) is 8.09. The highest BCUT2D eigenvalue weighted by Gasteiger charge is 2.21. The molecule has 0 fully saturated rings. The van der Waals surface area contributed by atoms with Crippen LogP contribution in [0.15, 0.2) is 36.5 Å². The third-order valence-electron chi connectivity index (χ3n) is 3.17. The second-order valence-electron chi connectivity index (χ2n) is 5.17. The maximum absolute atomic E-state index is 12.3. The van der Waals surface area contributed by atoms with Crippen molar-refractivity contribution in [1.82, 2.24) is 4.98 Å². The molecule has 0 bridgehead atoms. The number of pyridine rings is 1. The summed E-state index contributed by atoms with van der Waals surface area (Å²) in [5.74, 6) is -1.32. The molecule has 0 saturated carbocycles. The van der Waals surface area contributed by atoms with Crippen molar-refractivity contribution >= 4 is 46.5 Å². The number of amides is 1. The molecule has 1 aromatic heterocycles. The minimum absolute atomic E-state index is 0.0709. The third kappa shape index (κ3) is 5.01. The van der Waals surface area contributed by atoms with Crippen molar-refractivity contribution < 1.29 is 19.1 Å². The van der Waals surface area contributed by atoms with Gasteiger partial charge >= 0.3 is 5.97 Å². The van der Waals surface area contributed by atoms with E-state index in [2.05, 4.69) is 10.3 Å². The molecule has 0 spiro atoms. The van der Waals surface area contributed by atoms with Crippen LogP contribution < -0.4 is 5.32 Å². The van der Waals surface area contributed by atoms with E-state index in [4.69, 9.17) is 27.9 Å². The van der Waals surface area contributed by atoms with Gasteiger partial charge in [-0.3, -0.25) is 9.59 Å². The van der Waals surface area contributed by atoms with Crippen LogP contribution in [-0.2, 0) is 9.53 Å². The molecule has 0 aliphatic carbocycles. The van der Waals surface area contributed by atoms with E-state index in [-0.39, 0.29) is 27.4 Å². The summed E-state index contributed by atoms with van der Waals surface area (Å²) in [7, 11) is 0. The van der Waals surface area contributed by atoms with E-state index in [9.17, 15) is 14.4 Å². The average molecular weight is 381 g/mol. The van der Waals surface area contributed by atoms with Crippen LogP contribution in [0, 0.1) is 0 Å². The number of ketones is 1. The highest BCUT2D eigenvalue weighted by molar-refractivity contribution is 6.41. The number of nitrogens with zero attached hydrogens (tertiary/aromatic N) is 1. The second-order valence-corrected chi connectivity index (χ2v) is 5.93. The molecule has 6 nitrogen and oxygen atoms in total. The molecule has 8 heteroatoms. The molecule has 0 unspecified atom stereocenters. The number of benzene rings is 1. The molecule has 1 atom stereocenters. The third-order valence-corrected chi connectivity index (χ3v) is 3.86. The van der Waals surface area contributed by atoms with Crippen LogP contribution in [0.2, 0.25) is 10.2 Å². The minimum Gasteiger partial charge on any atom is -0.451 e. The Bertz CT molecular complexity index is 822. The van der Waals surface area contributed by atoms with Gasteiger partial charge in [-0.05, 0) is 37.3 Å². The molecule has 2 rings (SSSR count). The summed E-state index contributed by atoms with van der Waals surface area (Å²) >= 11 is 11.5. The predicted octanol–water partition coefficient (Wildman–Crippen LogP) is 3.78. The van der Waals surface area contributed by atoms with Gasteiger partial charge in [-0.15, -0.1) is 0 Å². The molecule has 2 aromatic rings. The van der Waals surface area contributed by atoms with Crippen LogP contribution in [0.25, 0.3) is 0 Å². The van der Waals surface area contributed by atoms with Gasteiger partial charge in [0.25, 0.3) is 0 Å². The van der Waals surface area contributed by atoms with E-state index in [0.29, 0.717) is 11.3 Å². The average Bonchev–Trinajstić information content (AvgIpc) is 2.56. The Morgan fingerprint density at radius 1 is 1.12 bits per heavy atom. The summed E-state index contributed by atoms with van der Waals surface area (Å²) in [6.45, 7) is 2.85. The van der Waals surface area contributed by atoms with E-state index in [1.54, 1.807) is 24.3 Å². The number of rotatable bonds is 5. The van der Waals surface area contributed by atoms with Crippen molar-refractivity contribution in [2.45, 2.75) is 20.0 Å². The number of Topliss-reactive ketones (excluding diaryl/α,β-unsaturated/α-hetero) is 1. The summed E-state index contributed by atoms with van der Waals surface area (Å²) in [6, 6.07) is 7.58. The first kappa shape index (κ1) is 18.9. The van der Waals surface area contributed by atoms with Gasteiger partial charge in [0.2, 0.25) is 11.7 Å². The monoisotopic (exact) mass is 380 g/mol. The van der Waals surface area contributed by atoms with Gasteiger partial charge in [0.15, 0.2) is 6.10 Å². The fourth-order valence-electron chi connectivity index (χ4n) is 1.97. The lowest BCUT2D eigenvalue weighted by Gasteiger charge is -2.13. The first-order valence-electron chi connectivity index (χ1n) is 7.22. The highest BCUT2D eigenvalue weighted by atomic mass is 35.5. The molecule has 1 aromatic carbocycles. The summed E-state index contributed by atoms with van der Waals surface area (Å²) in [6.07, 6.45) is 0.212. The van der Waals surface area contributed by atoms with Crippen LogP contribution in [0.3, 0.4) is 0 Å². The SMILES string of the molecule is CC(=O)Nc1ccc(C(=O)[C@@H](C)OC(=O)c2cnc(Cl)c(Cl)c2)cc1. The Balaban J connectivity index is 2.05. The maximum Gasteiger partial charge on any atom is 0.340 e. The summed E-state index contributed by atoms with van der Waals surface area (Å²) in [4.78, 5) is 39.1. The van der Waals surface area contributed by atoms with Crippen molar-refractivity contribution in [1.29, 1.82) is 0 Å². The molecule has 1 amide bonds. The summed E-state index contributed by atoms with van der Waals surface area (Å²) in [5.41, 5.74) is 1.01. The molecule has 0 aliphatic rings. The smallest absolute Gasteiger partial charge is 0.340 e. The molecule has 0 radical (unpaired) electrons. The molecule has 130 valence electrons. The number of hydrogen-bond donors (Lipinski definition) is 1. The zero-order valence-electron chi connectivity index (χ0n) is 13.4. The van der Waals surface area contributed by atoms with E-state index >= 15 is 0 Å². The Morgan fingerprint density at radius 2 is 1.76 bits per heavy atom. The van der Waals surface area contributed by atoms with Crippen molar-refractivity contribution in [3.8, 4) is 0 Å². The molecule has 1 heterocycles. The first-order valence-corrected chi connectivity index (χ1v) is 7.97. The Morgan fingerprint density at radius 3 is 2.32 bits per heavy atom. The van der Waals surface area contributed by atoms with Crippen LogP contribution in [0.1, 0.15) is 34.6 Å². The quantitative estimate of drug-likeness (QED) is 0.484. The van der Waals surface area contributed by atoms with Gasteiger partial charge in [-0.2, -0.15) is 0 Å². The molecule has 25 heavy (non-hydrogen) atoms. The van der Waals surface area contributed by atoms with Gasteiger partial charge in [-0.25, -0.2) is 9.78 Å². The lowest BCUT2D eigenvalue weighted by molar-refractivity contribution is -0.114. The lowest BCUT2D eigenvalue weighted by Crippen LogP contribution is -2.24. The zero-order valence-corrected chi connectivity index (χ0v) is 14.9. The van der Waals surface area contributed by atoms with Crippen molar-refractivity contribution in [2.75, 3.05) is 5.32 Å². The standard InChI is InChI=1S/C17H14Cl2N2O4/c1-9(25-17(24)12-7-14(18)16(19)20-8-12)15(23)11-3-5-13(6-4-11)21-10(2)22/h3-9H,1-2H3,(H,21,22)/t9-/m1/s1. The number of nitrogens with one attached hydrogen (secondary N) is 1. The number of esters is 1. The summed E-state index contributed by atoms with van der Waals surface area (Å²) in [5, 5.41) is 2.78. The molecule has 0 saturated heterocycles. The number of halogens is 2. The van der Waals surface area contributed by atoms with Crippen molar-refractivity contribution in [3.05, 3.63) is 57.8 Å². The number of carbonyl (C=O) groups is 3. The van der Waals surface area contributed by atoms with Crippen LogP contribution in [0.5, 0.6) is 0 Å². The number of hydrogen-bond acceptors (Lipinski definition) is 5. The van der Waals surface area contributed by atoms with Crippen LogP contribution in [0.4, 0.5) is 5.69 Å². The first-order chi connectivity index (χ1) is 11.8. The number of carbonyl (C=O) groups excluding carboxylic acids is 3. The number of anilines is 1. The van der Waals surface area contributed by atoms with E-state index in [0.717, 1.165) is 0 Å². The number of ether oxygens (including phenoxy) is 1. The zero-order chi connectivity index (χ0) is 18.6. The largest absolute Gasteiger partial charge is 0.451 e. The molecular formula is C17H14Cl2N2O4. The Kier molecular flexibility index (Phi) is 6.12. The van der Waals surface area contributed by atoms with Gasteiger partial charge < -0.3 is 10.1 Å². The Hall–Kier alpha value is -2.44. The van der Waals surface area contributed by atoms with E-state index < -0.39 is 12.1 Å². The molecular weight excluding hydrogens is 367 g/mol. The van der Waals surface area contributed by atoms with E-state index in [1.165, 1.54) is 26.1 Å². The number of aromatic nitrogens is 1. The van der Waals surface area contributed by atoms with Gasteiger partial charge in [0, 0.05) is 24.4 Å². The Labute approximate surface area is 154 Å². The van der Waals surface area contributed by atoms with Crippen LogP contribution in [-0.4, -0.2) is 28.7 Å². The fourth-order valence-corrected chi connectivity index (χ4v) is 2.24. The normalized spacial score (nSPS) is 11.5. The highest BCUT2D eigenvalue weighted by Crippen LogP contribution is 2.20. The van der Waals surface area contributed by atoms with Crippen molar-refractivity contribution in [3.63, 3.8) is 0 Å². The molecule has 0 aliphatic heterocycles. The van der Waals surface area contributed by atoms with Gasteiger partial charge in [-0.1, -0.05) is 23.2 Å². The molecule has 1 N–H and O–H groups in total.